The van der Waals surface area contributed by atoms with Gasteiger partial charge in [0.25, 0.3) is 0 Å². The number of piperidine rings is 1. The number of oxime groups is 1. The van der Waals surface area contributed by atoms with Crippen molar-refractivity contribution in [3.63, 3.8) is 0 Å². The van der Waals surface area contributed by atoms with E-state index in [0.717, 1.165) is 24.8 Å². The van der Waals surface area contributed by atoms with Gasteiger partial charge in [-0.1, -0.05) is 24.4 Å². The maximum atomic E-state index is 8.74. The minimum atomic E-state index is 0.331. The Morgan fingerprint density at radius 1 is 1.21 bits per heavy atom. The summed E-state index contributed by atoms with van der Waals surface area (Å²) in [6, 6.07) is 0. The quantitative estimate of drug-likeness (QED) is 0.355. The molecule has 4 heteroatoms. The Kier molecular flexibility index (Phi) is 3.70. The van der Waals surface area contributed by atoms with Crippen molar-refractivity contribution in [2.24, 2.45) is 28.1 Å². The number of amidine groups is 1. The number of nitrogens with zero attached hydrogens (tertiary/aromatic N) is 2. The van der Waals surface area contributed by atoms with Crippen LogP contribution in [0.2, 0.25) is 0 Å². The van der Waals surface area contributed by atoms with E-state index in [9.17, 15) is 0 Å². The molecule has 3 aliphatic rings. The van der Waals surface area contributed by atoms with Crippen molar-refractivity contribution >= 4 is 5.84 Å². The van der Waals surface area contributed by atoms with E-state index in [1.54, 1.807) is 0 Å². The van der Waals surface area contributed by atoms with E-state index in [-0.39, 0.29) is 0 Å². The smallest absolute Gasteiger partial charge is 0.139 e. The largest absolute Gasteiger partial charge is 0.409 e. The summed E-state index contributed by atoms with van der Waals surface area (Å²) >= 11 is 0. The molecule has 1 aliphatic heterocycles. The first-order chi connectivity index (χ1) is 9.21. The average Bonchev–Trinajstić information content (AvgIpc) is 3.18. The Hall–Kier alpha value is -0.770. The molecule has 19 heavy (non-hydrogen) atoms. The first kappa shape index (κ1) is 13.2. The third-order valence-corrected chi connectivity index (χ3v) is 5.58. The van der Waals surface area contributed by atoms with Gasteiger partial charge in [-0.15, -0.1) is 0 Å². The number of rotatable bonds is 4. The van der Waals surface area contributed by atoms with Crippen molar-refractivity contribution in [2.75, 3.05) is 19.6 Å². The fourth-order valence-electron chi connectivity index (χ4n) is 4.28. The monoisotopic (exact) mass is 265 g/mol. The molecule has 2 unspecified atom stereocenters. The number of likely N-dealkylation sites (tertiary alicyclic amines) is 1. The standard InChI is InChI=1S/C15H27N3O/c16-14(17-19)9-15(6-7-15)11-18-8-5-12-3-1-2-4-13(12)10-18/h12-13,19H,1-11H2,(H2,16,17). The summed E-state index contributed by atoms with van der Waals surface area (Å²) in [6.07, 6.45) is 10.4. The van der Waals surface area contributed by atoms with Gasteiger partial charge in [0.15, 0.2) is 0 Å². The Morgan fingerprint density at radius 3 is 2.63 bits per heavy atom. The SMILES string of the molecule is NC(CC1(CN2CCC3CCCCC3C2)CC1)=NO. The zero-order valence-electron chi connectivity index (χ0n) is 11.9. The Balaban J connectivity index is 1.53. The van der Waals surface area contributed by atoms with Gasteiger partial charge in [-0.2, -0.15) is 0 Å². The fourth-order valence-corrected chi connectivity index (χ4v) is 4.28. The molecular weight excluding hydrogens is 238 g/mol. The summed E-state index contributed by atoms with van der Waals surface area (Å²) in [4.78, 5) is 2.66. The van der Waals surface area contributed by atoms with E-state index in [1.807, 2.05) is 0 Å². The highest BCUT2D eigenvalue weighted by Crippen LogP contribution is 2.50. The van der Waals surface area contributed by atoms with Crippen LogP contribution in [-0.4, -0.2) is 35.6 Å². The predicted molar refractivity (Wildman–Crippen MR) is 76.2 cm³/mol. The summed E-state index contributed by atoms with van der Waals surface area (Å²) in [5.41, 5.74) is 6.02. The van der Waals surface area contributed by atoms with Crippen LogP contribution in [0.4, 0.5) is 0 Å². The van der Waals surface area contributed by atoms with Gasteiger partial charge in [-0.05, 0) is 49.5 Å². The first-order valence-electron chi connectivity index (χ1n) is 7.90. The molecule has 0 radical (unpaired) electrons. The highest BCUT2D eigenvalue weighted by Gasteiger charge is 2.45. The minimum Gasteiger partial charge on any atom is -0.409 e. The third-order valence-electron chi connectivity index (χ3n) is 5.58. The summed E-state index contributed by atoms with van der Waals surface area (Å²) in [6.45, 7) is 3.72. The maximum absolute atomic E-state index is 8.74. The van der Waals surface area contributed by atoms with E-state index in [1.165, 1.54) is 58.0 Å². The van der Waals surface area contributed by atoms with Crippen LogP contribution in [0.1, 0.15) is 51.4 Å². The first-order valence-corrected chi connectivity index (χ1v) is 7.90. The predicted octanol–water partition coefficient (Wildman–Crippen LogP) is 2.42. The molecule has 0 aromatic rings. The zero-order chi connectivity index (χ0) is 13.3. The normalized spacial score (nSPS) is 34.8. The molecule has 0 amide bonds. The number of fused-ring (bicyclic) bond motifs is 1. The Bertz CT molecular complexity index is 351. The van der Waals surface area contributed by atoms with Crippen molar-refractivity contribution in [3.05, 3.63) is 0 Å². The highest BCUT2D eigenvalue weighted by atomic mass is 16.4. The second kappa shape index (κ2) is 5.31. The number of nitrogens with two attached hydrogens (primary N) is 1. The fraction of sp³-hybridized carbons (Fsp3) is 0.933. The number of hydrogen-bond donors (Lipinski definition) is 2. The van der Waals surface area contributed by atoms with E-state index in [2.05, 4.69) is 10.1 Å². The molecule has 0 bridgehead atoms. The summed E-state index contributed by atoms with van der Waals surface area (Å²) in [5.74, 6) is 2.36. The minimum absolute atomic E-state index is 0.331. The summed E-state index contributed by atoms with van der Waals surface area (Å²) in [7, 11) is 0. The molecule has 2 saturated carbocycles. The molecule has 3 fully saturated rings. The molecule has 3 rings (SSSR count). The number of hydrogen-bond acceptors (Lipinski definition) is 3. The maximum Gasteiger partial charge on any atom is 0.139 e. The molecular formula is C15H27N3O. The summed E-state index contributed by atoms with van der Waals surface area (Å²) < 4.78 is 0. The van der Waals surface area contributed by atoms with Gasteiger partial charge in [0, 0.05) is 19.5 Å². The van der Waals surface area contributed by atoms with Crippen LogP contribution in [0.15, 0.2) is 5.16 Å². The van der Waals surface area contributed by atoms with Crippen LogP contribution in [0.25, 0.3) is 0 Å². The van der Waals surface area contributed by atoms with Gasteiger partial charge in [0.05, 0.1) is 0 Å². The second-order valence-corrected chi connectivity index (χ2v) is 7.10. The van der Waals surface area contributed by atoms with E-state index in [4.69, 9.17) is 10.9 Å². The van der Waals surface area contributed by atoms with Gasteiger partial charge in [-0.3, -0.25) is 0 Å². The van der Waals surface area contributed by atoms with Gasteiger partial charge >= 0.3 is 0 Å². The van der Waals surface area contributed by atoms with E-state index >= 15 is 0 Å². The molecule has 108 valence electrons. The van der Waals surface area contributed by atoms with Crippen molar-refractivity contribution in [1.29, 1.82) is 0 Å². The van der Waals surface area contributed by atoms with Crippen molar-refractivity contribution in [2.45, 2.75) is 51.4 Å². The zero-order valence-corrected chi connectivity index (χ0v) is 11.9. The lowest BCUT2D eigenvalue weighted by molar-refractivity contribution is 0.0728. The van der Waals surface area contributed by atoms with Gasteiger partial charge in [0.1, 0.15) is 5.84 Å². The molecule has 0 aromatic heterocycles. The van der Waals surface area contributed by atoms with Crippen LogP contribution in [-0.2, 0) is 0 Å². The molecule has 2 atom stereocenters. The highest BCUT2D eigenvalue weighted by molar-refractivity contribution is 5.80. The lowest BCUT2D eigenvalue weighted by Gasteiger charge is -2.42. The second-order valence-electron chi connectivity index (χ2n) is 7.10. The molecule has 4 nitrogen and oxygen atoms in total. The molecule has 0 spiro atoms. The average molecular weight is 265 g/mol. The van der Waals surface area contributed by atoms with Crippen molar-refractivity contribution < 1.29 is 5.21 Å². The molecule has 3 N–H and O–H groups in total. The van der Waals surface area contributed by atoms with Crippen LogP contribution < -0.4 is 5.73 Å². The van der Waals surface area contributed by atoms with Crippen LogP contribution in [0.3, 0.4) is 0 Å². The molecule has 2 aliphatic carbocycles. The lowest BCUT2D eigenvalue weighted by atomic mass is 9.75. The Labute approximate surface area is 116 Å². The van der Waals surface area contributed by atoms with Gasteiger partial charge in [0.2, 0.25) is 0 Å². The van der Waals surface area contributed by atoms with Crippen LogP contribution in [0, 0.1) is 17.3 Å². The molecule has 0 aromatic carbocycles. The van der Waals surface area contributed by atoms with E-state index < -0.39 is 0 Å². The topological polar surface area (TPSA) is 61.8 Å². The van der Waals surface area contributed by atoms with E-state index in [0.29, 0.717) is 11.3 Å². The van der Waals surface area contributed by atoms with Gasteiger partial charge in [-0.25, -0.2) is 0 Å². The van der Waals surface area contributed by atoms with Crippen LogP contribution in [0.5, 0.6) is 0 Å². The Morgan fingerprint density at radius 2 is 1.95 bits per heavy atom. The van der Waals surface area contributed by atoms with Crippen molar-refractivity contribution in [3.8, 4) is 0 Å². The van der Waals surface area contributed by atoms with Crippen molar-refractivity contribution in [1.82, 2.24) is 4.90 Å². The lowest BCUT2D eigenvalue weighted by Crippen LogP contribution is -2.44. The van der Waals surface area contributed by atoms with Gasteiger partial charge < -0.3 is 15.8 Å². The molecule has 1 heterocycles. The van der Waals surface area contributed by atoms with Crippen LogP contribution >= 0.6 is 0 Å². The summed E-state index contributed by atoms with van der Waals surface area (Å²) in [5, 5.41) is 11.9. The molecule has 1 saturated heterocycles. The third kappa shape index (κ3) is 3.04.